The summed E-state index contributed by atoms with van der Waals surface area (Å²) in [5.74, 6) is 1.57. The van der Waals surface area contributed by atoms with Crippen LogP contribution in [0.4, 0.5) is 0 Å². The second-order valence-electron chi connectivity index (χ2n) is 6.75. The molecule has 1 N–H and O–H groups in total. The molecule has 156 valence electrons. The van der Waals surface area contributed by atoms with Crippen LogP contribution < -0.4 is 14.8 Å². The molecular formula is C22H27BrN2O4. The molecule has 1 atom stereocenters. The van der Waals surface area contributed by atoms with E-state index in [9.17, 15) is 4.79 Å². The van der Waals surface area contributed by atoms with Crippen molar-refractivity contribution in [3.63, 3.8) is 0 Å². The zero-order valence-corrected chi connectivity index (χ0v) is 18.2. The van der Waals surface area contributed by atoms with E-state index in [1.54, 1.807) is 0 Å². The van der Waals surface area contributed by atoms with Gasteiger partial charge >= 0.3 is 0 Å². The number of benzene rings is 2. The molecule has 0 saturated carbocycles. The SMILES string of the molecule is CCOc1ccc(OCCNC(=O)CN2CCOC(c3cccc(Br)c3)C2)cc1. The fourth-order valence-corrected chi connectivity index (χ4v) is 3.59. The molecule has 1 unspecified atom stereocenters. The van der Waals surface area contributed by atoms with E-state index in [1.165, 1.54) is 0 Å². The zero-order chi connectivity index (χ0) is 20.5. The van der Waals surface area contributed by atoms with Crippen LogP contribution in [-0.2, 0) is 9.53 Å². The Labute approximate surface area is 180 Å². The summed E-state index contributed by atoms with van der Waals surface area (Å²) >= 11 is 3.50. The van der Waals surface area contributed by atoms with E-state index in [-0.39, 0.29) is 12.0 Å². The summed E-state index contributed by atoms with van der Waals surface area (Å²) in [7, 11) is 0. The number of morpholine rings is 1. The number of halogens is 1. The summed E-state index contributed by atoms with van der Waals surface area (Å²) in [4.78, 5) is 14.4. The molecule has 0 aliphatic carbocycles. The van der Waals surface area contributed by atoms with E-state index in [2.05, 4.69) is 38.3 Å². The van der Waals surface area contributed by atoms with E-state index in [1.807, 2.05) is 43.3 Å². The smallest absolute Gasteiger partial charge is 0.234 e. The number of carbonyl (C=O) groups excluding carboxylic acids is 1. The van der Waals surface area contributed by atoms with Gasteiger partial charge in [-0.05, 0) is 48.9 Å². The van der Waals surface area contributed by atoms with Gasteiger partial charge in [-0.25, -0.2) is 0 Å². The Morgan fingerprint density at radius 3 is 2.69 bits per heavy atom. The number of nitrogens with one attached hydrogen (secondary N) is 1. The molecule has 1 amide bonds. The molecule has 0 bridgehead atoms. The lowest BCUT2D eigenvalue weighted by molar-refractivity contribution is -0.124. The molecule has 1 aliphatic heterocycles. The van der Waals surface area contributed by atoms with Gasteiger partial charge in [0.15, 0.2) is 0 Å². The van der Waals surface area contributed by atoms with E-state index in [4.69, 9.17) is 14.2 Å². The lowest BCUT2D eigenvalue weighted by Crippen LogP contribution is -2.44. The number of hydrogen-bond donors (Lipinski definition) is 1. The number of ether oxygens (including phenoxy) is 3. The lowest BCUT2D eigenvalue weighted by atomic mass is 10.1. The third-order valence-corrected chi connectivity index (χ3v) is 5.06. The van der Waals surface area contributed by atoms with Crippen LogP contribution in [0.15, 0.2) is 53.0 Å². The van der Waals surface area contributed by atoms with E-state index in [0.717, 1.165) is 28.1 Å². The highest BCUT2D eigenvalue weighted by Crippen LogP contribution is 2.24. The van der Waals surface area contributed by atoms with Crippen LogP contribution in [0.5, 0.6) is 11.5 Å². The minimum absolute atomic E-state index is 0.00446. The number of rotatable bonds is 9. The van der Waals surface area contributed by atoms with Crippen molar-refractivity contribution in [2.45, 2.75) is 13.0 Å². The van der Waals surface area contributed by atoms with E-state index in [0.29, 0.717) is 39.5 Å². The van der Waals surface area contributed by atoms with Crippen molar-refractivity contribution in [2.75, 3.05) is 46.0 Å². The van der Waals surface area contributed by atoms with Gasteiger partial charge in [-0.1, -0.05) is 28.1 Å². The van der Waals surface area contributed by atoms with Crippen LogP contribution in [0.3, 0.4) is 0 Å². The Morgan fingerprint density at radius 1 is 1.21 bits per heavy atom. The van der Waals surface area contributed by atoms with Crippen molar-refractivity contribution in [1.82, 2.24) is 10.2 Å². The molecule has 7 heteroatoms. The van der Waals surface area contributed by atoms with Crippen molar-refractivity contribution < 1.29 is 19.0 Å². The van der Waals surface area contributed by atoms with Gasteiger partial charge in [-0.3, -0.25) is 9.69 Å². The molecule has 0 radical (unpaired) electrons. The van der Waals surface area contributed by atoms with Crippen LogP contribution in [0.1, 0.15) is 18.6 Å². The summed E-state index contributed by atoms with van der Waals surface area (Å²) < 4.78 is 18.0. The molecular weight excluding hydrogens is 436 g/mol. The summed E-state index contributed by atoms with van der Waals surface area (Å²) in [5.41, 5.74) is 1.12. The molecule has 2 aromatic carbocycles. The summed E-state index contributed by atoms with van der Waals surface area (Å²) in [6, 6.07) is 15.6. The largest absolute Gasteiger partial charge is 0.494 e. The second-order valence-corrected chi connectivity index (χ2v) is 7.67. The maximum absolute atomic E-state index is 12.3. The molecule has 0 spiro atoms. The summed E-state index contributed by atoms with van der Waals surface area (Å²) in [5, 5.41) is 2.92. The lowest BCUT2D eigenvalue weighted by Gasteiger charge is -2.32. The predicted octanol–water partition coefficient (Wildman–Crippen LogP) is 3.42. The highest BCUT2D eigenvalue weighted by Gasteiger charge is 2.23. The number of nitrogens with zero attached hydrogens (tertiary/aromatic N) is 1. The molecule has 0 aromatic heterocycles. The fraction of sp³-hybridized carbons (Fsp3) is 0.409. The number of carbonyl (C=O) groups is 1. The average Bonchev–Trinajstić information content (AvgIpc) is 2.73. The zero-order valence-electron chi connectivity index (χ0n) is 16.6. The molecule has 1 saturated heterocycles. The standard InChI is InChI=1S/C22H27BrN2O4/c1-2-27-19-6-8-20(9-7-19)28-12-10-24-22(26)16-25-11-13-29-21(15-25)17-4-3-5-18(23)14-17/h3-9,14,21H,2,10-13,15-16H2,1H3,(H,24,26). The van der Waals surface area contributed by atoms with Gasteiger partial charge in [-0.2, -0.15) is 0 Å². The summed E-state index contributed by atoms with van der Waals surface area (Å²) in [6.45, 7) is 5.90. The third kappa shape index (κ3) is 7.03. The topological polar surface area (TPSA) is 60.0 Å². The molecule has 1 fully saturated rings. The Hall–Kier alpha value is -2.09. The van der Waals surface area contributed by atoms with Gasteiger partial charge in [0, 0.05) is 17.6 Å². The molecule has 1 heterocycles. The van der Waals surface area contributed by atoms with Crippen LogP contribution in [0.25, 0.3) is 0 Å². The van der Waals surface area contributed by atoms with E-state index < -0.39 is 0 Å². The van der Waals surface area contributed by atoms with Crippen LogP contribution >= 0.6 is 15.9 Å². The molecule has 6 nitrogen and oxygen atoms in total. The van der Waals surface area contributed by atoms with Crippen LogP contribution in [-0.4, -0.2) is 56.8 Å². The van der Waals surface area contributed by atoms with Gasteiger partial charge in [-0.15, -0.1) is 0 Å². The Bertz CT molecular complexity index is 785. The summed E-state index contributed by atoms with van der Waals surface area (Å²) in [6.07, 6.45) is -0.0166. The number of hydrogen-bond acceptors (Lipinski definition) is 5. The van der Waals surface area contributed by atoms with Crippen LogP contribution in [0.2, 0.25) is 0 Å². The Kier molecular flexibility index (Phi) is 8.34. The minimum Gasteiger partial charge on any atom is -0.494 e. The maximum atomic E-state index is 12.3. The van der Waals surface area contributed by atoms with Crippen LogP contribution in [0, 0.1) is 0 Å². The molecule has 3 rings (SSSR count). The molecule has 1 aliphatic rings. The van der Waals surface area contributed by atoms with Crippen molar-refractivity contribution in [1.29, 1.82) is 0 Å². The van der Waals surface area contributed by atoms with Crippen molar-refractivity contribution >= 4 is 21.8 Å². The first-order valence-electron chi connectivity index (χ1n) is 9.86. The van der Waals surface area contributed by atoms with Gasteiger partial charge in [0.1, 0.15) is 18.1 Å². The van der Waals surface area contributed by atoms with Gasteiger partial charge in [0.25, 0.3) is 0 Å². The molecule has 29 heavy (non-hydrogen) atoms. The first kappa shape index (κ1) is 21.6. The average molecular weight is 463 g/mol. The second kappa shape index (κ2) is 11.2. The highest BCUT2D eigenvalue weighted by molar-refractivity contribution is 9.10. The van der Waals surface area contributed by atoms with Gasteiger partial charge in [0.05, 0.1) is 32.4 Å². The number of amides is 1. The third-order valence-electron chi connectivity index (χ3n) is 4.57. The first-order valence-corrected chi connectivity index (χ1v) is 10.6. The van der Waals surface area contributed by atoms with Gasteiger partial charge < -0.3 is 19.5 Å². The monoisotopic (exact) mass is 462 g/mol. The first-order chi connectivity index (χ1) is 14.1. The normalized spacial score (nSPS) is 17.0. The highest BCUT2D eigenvalue weighted by atomic mass is 79.9. The predicted molar refractivity (Wildman–Crippen MR) is 115 cm³/mol. The maximum Gasteiger partial charge on any atom is 0.234 e. The Balaban J connectivity index is 1.36. The van der Waals surface area contributed by atoms with Crippen molar-refractivity contribution in [3.8, 4) is 11.5 Å². The minimum atomic E-state index is -0.0166. The van der Waals surface area contributed by atoms with E-state index >= 15 is 0 Å². The fourth-order valence-electron chi connectivity index (χ4n) is 3.17. The van der Waals surface area contributed by atoms with Crippen molar-refractivity contribution in [2.24, 2.45) is 0 Å². The molecule has 2 aromatic rings. The van der Waals surface area contributed by atoms with Gasteiger partial charge in [0.2, 0.25) is 5.91 Å². The quantitative estimate of drug-likeness (QED) is 0.578. The van der Waals surface area contributed by atoms with Crippen molar-refractivity contribution in [3.05, 3.63) is 58.6 Å². The Morgan fingerprint density at radius 2 is 1.97 bits per heavy atom.